The Morgan fingerprint density at radius 2 is 2.00 bits per heavy atom. The van der Waals surface area contributed by atoms with Crippen LogP contribution in [-0.4, -0.2) is 9.97 Å². The van der Waals surface area contributed by atoms with Crippen LogP contribution >= 0.6 is 34.2 Å². The van der Waals surface area contributed by atoms with E-state index in [9.17, 15) is 0 Å². The number of rotatable bonds is 2. The van der Waals surface area contributed by atoms with Crippen molar-refractivity contribution in [1.82, 2.24) is 9.97 Å². The molecule has 0 bridgehead atoms. The average Bonchev–Trinajstić information content (AvgIpc) is 2.49. The Labute approximate surface area is 140 Å². The van der Waals surface area contributed by atoms with Gasteiger partial charge in [-0.05, 0) is 59.0 Å². The van der Waals surface area contributed by atoms with Crippen molar-refractivity contribution in [2.24, 2.45) is 0 Å². The van der Waals surface area contributed by atoms with Crippen molar-refractivity contribution in [3.63, 3.8) is 0 Å². The van der Waals surface area contributed by atoms with E-state index >= 15 is 0 Å². The molecular weight excluding hydrogens is 397 g/mol. The maximum absolute atomic E-state index is 6.02. The summed E-state index contributed by atoms with van der Waals surface area (Å²) in [5.41, 5.74) is 2.38. The van der Waals surface area contributed by atoms with Crippen molar-refractivity contribution >= 4 is 56.6 Å². The largest absolute Gasteiger partial charge is 0.340 e. The molecule has 0 aliphatic rings. The molecule has 0 amide bonds. The summed E-state index contributed by atoms with van der Waals surface area (Å²) in [5.74, 6) is 3.30. The third-order valence-corrected chi connectivity index (χ3v) is 3.98. The fourth-order valence-corrected chi connectivity index (χ4v) is 2.63. The van der Waals surface area contributed by atoms with Gasteiger partial charge >= 0.3 is 0 Å². The van der Waals surface area contributed by atoms with Crippen LogP contribution in [0.1, 0.15) is 5.56 Å². The Morgan fingerprint density at radius 3 is 2.81 bits per heavy atom. The van der Waals surface area contributed by atoms with Crippen molar-refractivity contribution in [3.8, 4) is 12.3 Å². The molecule has 0 saturated heterocycles. The molecule has 0 aliphatic heterocycles. The average molecular weight is 406 g/mol. The fraction of sp³-hybridized carbons (Fsp3) is 0. The predicted octanol–water partition coefficient (Wildman–Crippen LogP) is 4.61. The minimum absolute atomic E-state index is 0.560. The van der Waals surface area contributed by atoms with Gasteiger partial charge in [0.05, 0.1) is 10.5 Å². The maximum atomic E-state index is 6.02. The minimum Gasteiger partial charge on any atom is -0.340 e. The summed E-state index contributed by atoms with van der Waals surface area (Å²) in [4.78, 5) is 8.58. The van der Waals surface area contributed by atoms with Gasteiger partial charge in [0, 0.05) is 20.2 Å². The third-order valence-electron chi connectivity index (χ3n) is 2.98. The summed E-state index contributed by atoms with van der Waals surface area (Å²) in [5, 5.41) is 4.77. The SMILES string of the molecule is C#Cc1cc(Nc2ncnc3cc(I)ccc23)ccc1Cl. The summed E-state index contributed by atoms with van der Waals surface area (Å²) in [6.45, 7) is 0. The molecule has 0 saturated carbocycles. The Hall–Kier alpha value is -1.84. The van der Waals surface area contributed by atoms with E-state index in [1.54, 1.807) is 12.4 Å². The zero-order chi connectivity index (χ0) is 14.8. The molecule has 0 aliphatic carbocycles. The quantitative estimate of drug-likeness (QED) is 0.500. The molecule has 1 heterocycles. The first-order chi connectivity index (χ1) is 10.2. The molecule has 0 radical (unpaired) electrons. The van der Waals surface area contributed by atoms with Gasteiger partial charge in [0.1, 0.15) is 12.1 Å². The Morgan fingerprint density at radius 1 is 1.14 bits per heavy atom. The number of halogens is 2. The van der Waals surface area contributed by atoms with E-state index in [1.165, 1.54) is 0 Å². The van der Waals surface area contributed by atoms with E-state index in [0.29, 0.717) is 10.6 Å². The van der Waals surface area contributed by atoms with E-state index in [0.717, 1.165) is 26.0 Å². The van der Waals surface area contributed by atoms with Gasteiger partial charge in [-0.1, -0.05) is 17.5 Å². The van der Waals surface area contributed by atoms with Gasteiger partial charge in [0.25, 0.3) is 0 Å². The summed E-state index contributed by atoms with van der Waals surface area (Å²) in [7, 11) is 0. The lowest BCUT2D eigenvalue weighted by Gasteiger charge is -2.09. The number of hydrogen-bond donors (Lipinski definition) is 1. The highest BCUT2D eigenvalue weighted by molar-refractivity contribution is 14.1. The van der Waals surface area contributed by atoms with Gasteiger partial charge in [-0.3, -0.25) is 0 Å². The highest BCUT2D eigenvalue weighted by Gasteiger charge is 2.06. The monoisotopic (exact) mass is 405 g/mol. The molecule has 1 N–H and O–H groups in total. The number of benzene rings is 2. The lowest BCUT2D eigenvalue weighted by atomic mass is 10.2. The molecule has 1 aromatic heterocycles. The van der Waals surface area contributed by atoms with Crippen molar-refractivity contribution in [2.75, 3.05) is 5.32 Å². The Balaban J connectivity index is 2.04. The normalized spacial score (nSPS) is 10.3. The first kappa shape index (κ1) is 14.1. The minimum atomic E-state index is 0.560. The van der Waals surface area contributed by atoms with E-state index in [1.807, 2.05) is 30.3 Å². The zero-order valence-corrected chi connectivity index (χ0v) is 13.7. The second-order valence-corrected chi connectivity index (χ2v) is 6.00. The summed E-state index contributed by atoms with van der Waals surface area (Å²) in [6, 6.07) is 11.5. The van der Waals surface area contributed by atoms with Crippen molar-refractivity contribution < 1.29 is 0 Å². The molecule has 2 aromatic carbocycles. The molecule has 3 nitrogen and oxygen atoms in total. The fourth-order valence-electron chi connectivity index (χ4n) is 1.98. The molecule has 5 heteroatoms. The van der Waals surface area contributed by atoms with Gasteiger partial charge in [-0.25, -0.2) is 9.97 Å². The van der Waals surface area contributed by atoms with Crippen molar-refractivity contribution in [2.45, 2.75) is 0 Å². The summed E-state index contributed by atoms with van der Waals surface area (Å²) < 4.78 is 1.13. The highest BCUT2D eigenvalue weighted by Crippen LogP contribution is 2.26. The van der Waals surface area contributed by atoms with E-state index in [2.05, 4.69) is 43.8 Å². The lowest BCUT2D eigenvalue weighted by molar-refractivity contribution is 1.22. The first-order valence-electron chi connectivity index (χ1n) is 6.11. The molecule has 0 atom stereocenters. The predicted molar refractivity (Wildman–Crippen MR) is 94.9 cm³/mol. The first-order valence-corrected chi connectivity index (χ1v) is 7.56. The van der Waals surface area contributed by atoms with E-state index in [-0.39, 0.29) is 0 Å². The second-order valence-electron chi connectivity index (χ2n) is 4.35. The van der Waals surface area contributed by atoms with Crippen molar-refractivity contribution in [1.29, 1.82) is 0 Å². The van der Waals surface area contributed by atoms with Crippen LogP contribution in [0.25, 0.3) is 10.9 Å². The zero-order valence-electron chi connectivity index (χ0n) is 10.8. The van der Waals surface area contributed by atoms with Crippen LogP contribution in [0.3, 0.4) is 0 Å². The number of nitrogens with one attached hydrogen (secondary N) is 1. The van der Waals surface area contributed by atoms with Crippen LogP contribution < -0.4 is 5.32 Å². The molecule has 0 unspecified atom stereocenters. The van der Waals surface area contributed by atoms with Crippen LogP contribution in [0.2, 0.25) is 5.02 Å². The van der Waals surface area contributed by atoms with Gasteiger partial charge < -0.3 is 5.32 Å². The van der Waals surface area contributed by atoms with Crippen LogP contribution in [0.4, 0.5) is 11.5 Å². The summed E-state index contributed by atoms with van der Waals surface area (Å²) >= 11 is 8.27. The highest BCUT2D eigenvalue weighted by atomic mass is 127. The maximum Gasteiger partial charge on any atom is 0.141 e. The standard InChI is InChI=1S/C16H9ClIN3/c1-2-10-7-12(4-6-14(10)17)21-16-13-5-3-11(18)8-15(13)19-9-20-16/h1,3-9H,(H,19,20,21). The molecule has 102 valence electrons. The van der Waals surface area contributed by atoms with Crippen LogP contribution in [0.15, 0.2) is 42.7 Å². The molecule has 21 heavy (non-hydrogen) atoms. The van der Waals surface area contributed by atoms with E-state index in [4.69, 9.17) is 18.0 Å². The number of fused-ring (bicyclic) bond motifs is 1. The molecular formula is C16H9ClIN3. The molecule has 0 fully saturated rings. The van der Waals surface area contributed by atoms with Gasteiger partial charge in [-0.2, -0.15) is 0 Å². The van der Waals surface area contributed by atoms with Crippen molar-refractivity contribution in [3.05, 3.63) is 56.9 Å². The Kier molecular flexibility index (Phi) is 3.95. The third kappa shape index (κ3) is 2.94. The van der Waals surface area contributed by atoms with E-state index < -0.39 is 0 Å². The molecule has 0 spiro atoms. The Bertz CT molecular complexity index is 871. The molecule has 3 aromatic rings. The van der Waals surface area contributed by atoms with Crippen LogP contribution in [0, 0.1) is 15.9 Å². The van der Waals surface area contributed by atoms with Crippen LogP contribution in [-0.2, 0) is 0 Å². The number of aromatic nitrogens is 2. The summed E-state index contributed by atoms with van der Waals surface area (Å²) in [6.07, 6.45) is 6.97. The van der Waals surface area contributed by atoms with Gasteiger partial charge in [-0.15, -0.1) is 6.42 Å². The van der Waals surface area contributed by atoms with Crippen LogP contribution in [0.5, 0.6) is 0 Å². The molecule has 3 rings (SSSR count). The number of hydrogen-bond acceptors (Lipinski definition) is 3. The number of anilines is 2. The topological polar surface area (TPSA) is 37.8 Å². The van der Waals surface area contributed by atoms with Gasteiger partial charge in [0.2, 0.25) is 0 Å². The lowest BCUT2D eigenvalue weighted by Crippen LogP contribution is -1.96. The second kappa shape index (κ2) is 5.88. The number of terminal acetylenes is 1. The number of nitrogens with zero attached hydrogens (tertiary/aromatic N) is 2. The smallest absolute Gasteiger partial charge is 0.141 e. The van der Waals surface area contributed by atoms with Gasteiger partial charge in [0.15, 0.2) is 0 Å².